The summed E-state index contributed by atoms with van der Waals surface area (Å²) in [4.78, 5) is 24.2. The number of nitrogens with one attached hydrogen (secondary N) is 2. The van der Waals surface area contributed by atoms with Crippen molar-refractivity contribution in [3.63, 3.8) is 0 Å². The Morgan fingerprint density at radius 1 is 1.36 bits per heavy atom. The van der Waals surface area contributed by atoms with Crippen LogP contribution >= 0.6 is 0 Å². The fourth-order valence-corrected chi connectivity index (χ4v) is 2.82. The monoisotopic (exact) mass is 340 g/mol. The molecule has 1 atom stereocenters. The third-order valence-corrected chi connectivity index (χ3v) is 3.97. The highest BCUT2D eigenvalue weighted by Crippen LogP contribution is 2.28. The minimum atomic E-state index is -0.605. The molecule has 1 aromatic carbocycles. The maximum absolute atomic E-state index is 12.3. The van der Waals surface area contributed by atoms with Crippen LogP contribution < -0.4 is 10.6 Å². The number of benzene rings is 1. The predicted molar refractivity (Wildman–Crippen MR) is 92.0 cm³/mol. The summed E-state index contributed by atoms with van der Waals surface area (Å²) in [5.41, 5.74) is 3.59. The van der Waals surface area contributed by atoms with Gasteiger partial charge >= 0.3 is 12.0 Å². The van der Waals surface area contributed by atoms with Crippen molar-refractivity contribution in [2.24, 2.45) is 0 Å². The van der Waals surface area contributed by atoms with Gasteiger partial charge in [0.2, 0.25) is 0 Å². The normalized spacial score (nSPS) is 17.1. The molecule has 0 saturated carbocycles. The van der Waals surface area contributed by atoms with Crippen LogP contribution in [0.5, 0.6) is 0 Å². The molecule has 2 aromatic rings. The van der Waals surface area contributed by atoms with E-state index in [0.29, 0.717) is 16.8 Å². The topological polar surface area (TPSA) is 85.2 Å². The van der Waals surface area contributed by atoms with Gasteiger partial charge in [-0.15, -0.1) is 0 Å². The highest BCUT2D eigenvalue weighted by molar-refractivity contribution is 5.94. The second kappa shape index (κ2) is 6.80. The van der Waals surface area contributed by atoms with Crippen molar-refractivity contribution in [3.05, 3.63) is 59.1 Å². The Hall–Kier alpha value is -3.09. The Labute approximate surface area is 145 Å². The van der Waals surface area contributed by atoms with E-state index in [0.717, 1.165) is 11.3 Å². The molecule has 7 nitrogen and oxygen atoms in total. The summed E-state index contributed by atoms with van der Waals surface area (Å²) in [5, 5.41) is 9.75. The number of ether oxygens (including phenoxy) is 1. The molecule has 2 N–H and O–H groups in total. The molecule has 2 heterocycles. The van der Waals surface area contributed by atoms with Crippen LogP contribution in [0.25, 0.3) is 5.69 Å². The second-order valence-electron chi connectivity index (χ2n) is 5.85. The van der Waals surface area contributed by atoms with Crippen molar-refractivity contribution in [2.45, 2.75) is 26.8 Å². The fraction of sp³-hybridized carbons (Fsp3) is 0.278. The molecule has 1 aliphatic heterocycles. The molecule has 0 fully saturated rings. The summed E-state index contributed by atoms with van der Waals surface area (Å²) in [6.45, 7) is 5.70. The van der Waals surface area contributed by atoms with Gasteiger partial charge in [0.1, 0.15) is 0 Å². The summed E-state index contributed by atoms with van der Waals surface area (Å²) < 4.78 is 6.85. The minimum absolute atomic E-state index is 0.263. The first-order valence-electron chi connectivity index (χ1n) is 8.06. The third-order valence-electron chi connectivity index (χ3n) is 3.97. The van der Waals surface area contributed by atoms with Crippen LogP contribution in [0.15, 0.2) is 47.9 Å². The lowest BCUT2D eigenvalue weighted by molar-refractivity contribution is -0.139. The maximum Gasteiger partial charge on any atom is 0.338 e. The number of hydrogen-bond donors (Lipinski definition) is 2. The number of aryl methyl sites for hydroxylation is 1. The van der Waals surface area contributed by atoms with Gasteiger partial charge in [0.15, 0.2) is 0 Å². The largest absolute Gasteiger partial charge is 0.463 e. The Kier molecular flexibility index (Phi) is 4.56. The Morgan fingerprint density at radius 3 is 2.88 bits per heavy atom. The number of carbonyl (C=O) groups is 2. The molecule has 0 aliphatic carbocycles. The van der Waals surface area contributed by atoms with Crippen molar-refractivity contribution < 1.29 is 14.3 Å². The van der Waals surface area contributed by atoms with E-state index in [1.165, 1.54) is 0 Å². The first-order chi connectivity index (χ1) is 12.0. The lowest BCUT2D eigenvalue weighted by Crippen LogP contribution is -2.45. The predicted octanol–water partition coefficient (Wildman–Crippen LogP) is 2.37. The molecule has 2 amide bonds. The number of rotatable bonds is 4. The number of amides is 2. The molecular weight excluding hydrogens is 320 g/mol. The van der Waals surface area contributed by atoms with Crippen molar-refractivity contribution in [1.29, 1.82) is 0 Å². The summed E-state index contributed by atoms with van der Waals surface area (Å²) in [6, 6.07) is 6.94. The van der Waals surface area contributed by atoms with Crippen molar-refractivity contribution >= 4 is 12.0 Å². The quantitative estimate of drug-likeness (QED) is 0.837. The molecule has 0 saturated heterocycles. The van der Waals surface area contributed by atoms with Crippen LogP contribution in [0.2, 0.25) is 0 Å². The van der Waals surface area contributed by atoms with Gasteiger partial charge in [0, 0.05) is 17.5 Å². The molecule has 7 heteroatoms. The van der Waals surface area contributed by atoms with Crippen LogP contribution in [-0.2, 0) is 9.53 Å². The van der Waals surface area contributed by atoms with Gasteiger partial charge in [-0.2, -0.15) is 5.10 Å². The van der Waals surface area contributed by atoms with Crippen molar-refractivity contribution in [2.75, 3.05) is 6.61 Å². The average molecular weight is 340 g/mol. The van der Waals surface area contributed by atoms with E-state index in [4.69, 9.17) is 4.74 Å². The zero-order valence-corrected chi connectivity index (χ0v) is 14.4. The highest BCUT2D eigenvalue weighted by atomic mass is 16.5. The van der Waals surface area contributed by atoms with Crippen LogP contribution in [0, 0.1) is 6.92 Å². The standard InChI is InChI=1S/C18H20N4O3/c1-4-25-17(23)15-12(3)20-18(24)21-16(15)13-9-19-22(10-13)14-7-5-6-11(2)8-14/h5-10,16H,4H2,1-3H3,(H2,20,21,24). The van der Waals surface area contributed by atoms with Crippen LogP contribution in [0.4, 0.5) is 4.79 Å². The number of carbonyl (C=O) groups excluding carboxylic acids is 2. The maximum atomic E-state index is 12.3. The molecule has 3 rings (SSSR count). The van der Waals surface area contributed by atoms with Gasteiger partial charge in [0.25, 0.3) is 0 Å². The van der Waals surface area contributed by atoms with E-state index in [-0.39, 0.29) is 12.6 Å². The first-order valence-corrected chi connectivity index (χ1v) is 8.06. The molecule has 1 unspecified atom stereocenters. The third kappa shape index (κ3) is 3.40. The van der Waals surface area contributed by atoms with E-state index in [1.54, 1.807) is 30.9 Å². The highest BCUT2D eigenvalue weighted by Gasteiger charge is 2.32. The zero-order chi connectivity index (χ0) is 18.0. The molecule has 130 valence electrons. The Morgan fingerprint density at radius 2 is 2.16 bits per heavy atom. The van der Waals surface area contributed by atoms with E-state index >= 15 is 0 Å². The smallest absolute Gasteiger partial charge is 0.338 e. The SMILES string of the molecule is CCOC(=O)C1=C(C)NC(=O)NC1c1cnn(-c2cccc(C)c2)c1. The van der Waals surface area contributed by atoms with Crippen LogP contribution in [0.3, 0.4) is 0 Å². The lowest BCUT2D eigenvalue weighted by Gasteiger charge is -2.27. The van der Waals surface area contributed by atoms with E-state index < -0.39 is 12.0 Å². The molecule has 1 aliphatic rings. The van der Waals surface area contributed by atoms with Gasteiger partial charge in [-0.25, -0.2) is 14.3 Å². The summed E-state index contributed by atoms with van der Waals surface area (Å²) in [5.74, 6) is -0.458. The van der Waals surface area contributed by atoms with Crippen molar-refractivity contribution in [3.8, 4) is 5.69 Å². The first kappa shape index (κ1) is 16.8. The van der Waals surface area contributed by atoms with E-state index in [9.17, 15) is 9.59 Å². The van der Waals surface area contributed by atoms with Crippen LogP contribution in [0.1, 0.15) is 31.0 Å². The molecule has 0 spiro atoms. The Balaban J connectivity index is 1.98. The van der Waals surface area contributed by atoms with E-state index in [1.807, 2.05) is 31.2 Å². The average Bonchev–Trinajstić information content (AvgIpc) is 3.04. The summed E-state index contributed by atoms with van der Waals surface area (Å²) in [7, 11) is 0. The second-order valence-corrected chi connectivity index (χ2v) is 5.85. The molecule has 0 radical (unpaired) electrons. The van der Waals surface area contributed by atoms with Crippen molar-refractivity contribution in [1.82, 2.24) is 20.4 Å². The summed E-state index contributed by atoms with van der Waals surface area (Å²) in [6.07, 6.45) is 3.45. The molecular formula is C18H20N4O3. The lowest BCUT2D eigenvalue weighted by atomic mass is 9.98. The molecule has 0 bridgehead atoms. The van der Waals surface area contributed by atoms with Gasteiger partial charge < -0.3 is 15.4 Å². The number of aromatic nitrogens is 2. The zero-order valence-electron chi connectivity index (χ0n) is 14.4. The number of urea groups is 1. The number of allylic oxidation sites excluding steroid dienone is 1. The summed E-state index contributed by atoms with van der Waals surface area (Å²) >= 11 is 0. The van der Waals surface area contributed by atoms with Gasteiger partial charge in [-0.1, -0.05) is 12.1 Å². The minimum Gasteiger partial charge on any atom is -0.463 e. The molecule has 25 heavy (non-hydrogen) atoms. The van der Waals surface area contributed by atoms with Gasteiger partial charge in [-0.05, 0) is 38.5 Å². The fourth-order valence-electron chi connectivity index (χ4n) is 2.82. The number of esters is 1. The molecule has 1 aromatic heterocycles. The van der Waals surface area contributed by atoms with E-state index in [2.05, 4.69) is 15.7 Å². The number of nitrogens with zero attached hydrogens (tertiary/aromatic N) is 2. The number of hydrogen-bond acceptors (Lipinski definition) is 4. The van der Waals surface area contributed by atoms with Gasteiger partial charge in [-0.3, -0.25) is 0 Å². The van der Waals surface area contributed by atoms with Gasteiger partial charge in [0.05, 0.1) is 30.1 Å². The van der Waals surface area contributed by atoms with Crippen LogP contribution in [-0.4, -0.2) is 28.4 Å². The Bertz CT molecular complexity index is 854.